The Labute approximate surface area is 112 Å². The summed E-state index contributed by atoms with van der Waals surface area (Å²) in [6.07, 6.45) is 6.25. The maximum absolute atomic E-state index is 11.6. The molecule has 3 heteroatoms. The molecule has 3 nitrogen and oxygen atoms in total. The molecule has 2 aromatic rings. The molecule has 3 rings (SSSR count). The third-order valence-electron chi connectivity index (χ3n) is 3.86. The number of aryl methyl sites for hydroxylation is 1. The molecule has 100 valence electrons. The van der Waals surface area contributed by atoms with Gasteiger partial charge in [-0.1, -0.05) is 30.9 Å². The molecular formula is C16H19NO2. The summed E-state index contributed by atoms with van der Waals surface area (Å²) < 4.78 is 5.25. The van der Waals surface area contributed by atoms with Crippen molar-refractivity contribution in [3.63, 3.8) is 0 Å². The Morgan fingerprint density at radius 1 is 1.16 bits per heavy atom. The first-order chi connectivity index (χ1) is 9.22. The Morgan fingerprint density at radius 3 is 2.74 bits per heavy atom. The first kappa shape index (κ1) is 12.3. The van der Waals surface area contributed by atoms with Gasteiger partial charge in [-0.15, -0.1) is 0 Å². The Morgan fingerprint density at radius 2 is 1.95 bits per heavy atom. The van der Waals surface area contributed by atoms with Crippen molar-refractivity contribution in [2.75, 3.05) is 5.32 Å². The van der Waals surface area contributed by atoms with Gasteiger partial charge in [0.1, 0.15) is 5.58 Å². The van der Waals surface area contributed by atoms with Gasteiger partial charge in [-0.05, 0) is 31.9 Å². The van der Waals surface area contributed by atoms with E-state index in [0.29, 0.717) is 11.6 Å². The Bertz CT molecular complexity index is 639. The van der Waals surface area contributed by atoms with Crippen molar-refractivity contribution in [2.45, 2.75) is 45.1 Å². The molecule has 1 aromatic carbocycles. The van der Waals surface area contributed by atoms with Crippen LogP contribution in [0.2, 0.25) is 0 Å². The topological polar surface area (TPSA) is 42.2 Å². The molecule has 0 bridgehead atoms. The molecule has 0 saturated heterocycles. The SMILES string of the molecule is Cc1ccc2oc(=O)cc(NC3CCCCC3)c2c1. The van der Waals surface area contributed by atoms with E-state index in [0.717, 1.165) is 11.1 Å². The van der Waals surface area contributed by atoms with Gasteiger partial charge in [0.05, 0.1) is 5.69 Å². The molecule has 0 unspecified atom stereocenters. The minimum absolute atomic E-state index is 0.283. The van der Waals surface area contributed by atoms with E-state index in [2.05, 4.69) is 18.3 Å². The number of hydrogen-bond acceptors (Lipinski definition) is 3. The fourth-order valence-corrected chi connectivity index (χ4v) is 2.86. The second-order valence-electron chi connectivity index (χ2n) is 5.46. The van der Waals surface area contributed by atoms with Crippen molar-refractivity contribution in [3.8, 4) is 0 Å². The average molecular weight is 257 g/mol. The minimum atomic E-state index is -0.283. The second-order valence-corrected chi connectivity index (χ2v) is 5.46. The molecule has 1 fully saturated rings. The van der Waals surface area contributed by atoms with E-state index in [4.69, 9.17) is 4.42 Å². The minimum Gasteiger partial charge on any atom is -0.423 e. The van der Waals surface area contributed by atoms with Gasteiger partial charge in [0.15, 0.2) is 0 Å². The molecule has 1 aliphatic carbocycles. The molecule has 19 heavy (non-hydrogen) atoms. The zero-order valence-electron chi connectivity index (χ0n) is 11.2. The Balaban J connectivity index is 2.00. The lowest BCUT2D eigenvalue weighted by Gasteiger charge is -2.24. The molecule has 0 atom stereocenters. The zero-order valence-corrected chi connectivity index (χ0v) is 11.2. The van der Waals surface area contributed by atoms with Crippen molar-refractivity contribution in [3.05, 3.63) is 40.2 Å². The van der Waals surface area contributed by atoms with Crippen LogP contribution in [0.3, 0.4) is 0 Å². The number of nitrogens with one attached hydrogen (secondary N) is 1. The van der Waals surface area contributed by atoms with E-state index >= 15 is 0 Å². The smallest absolute Gasteiger partial charge is 0.338 e. The highest BCUT2D eigenvalue weighted by atomic mass is 16.4. The van der Waals surface area contributed by atoms with Crippen LogP contribution >= 0.6 is 0 Å². The number of rotatable bonds is 2. The van der Waals surface area contributed by atoms with Crippen molar-refractivity contribution in [1.82, 2.24) is 0 Å². The van der Waals surface area contributed by atoms with Gasteiger partial charge in [0.2, 0.25) is 0 Å². The van der Waals surface area contributed by atoms with Gasteiger partial charge in [-0.3, -0.25) is 0 Å². The van der Waals surface area contributed by atoms with Crippen LogP contribution in [0.5, 0.6) is 0 Å². The van der Waals surface area contributed by atoms with Crippen LogP contribution in [0.25, 0.3) is 11.0 Å². The second kappa shape index (κ2) is 5.08. The summed E-state index contributed by atoms with van der Waals surface area (Å²) in [5.74, 6) is 0. The molecular weight excluding hydrogens is 238 g/mol. The zero-order chi connectivity index (χ0) is 13.2. The van der Waals surface area contributed by atoms with Crippen LogP contribution in [0.1, 0.15) is 37.7 Å². The standard InChI is InChI=1S/C16H19NO2/c1-11-7-8-15-13(9-11)14(10-16(18)19-15)17-12-5-3-2-4-6-12/h7-10,12,17H,2-6H2,1H3. The van der Waals surface area contributed by atoms with Crippen LogP contribution < -0.4 is 10.9 Å². The van der Waals surface area contributed by atoms with Gasteiger partial charge in [-0.2, -0.15) is 0 Å². The summed E-state index contributed by atoms with van der Waals surface area (Å²) in [5.41, 5.74) is 2.47. The van der Waals surface area contributed by atoms with Gasteiger partial charge in [0.25, 0.3) is 0 Å². The summed E-state index contributed by atoms with van der Waals surface area (Å²) in [5, 5.41) is 4.54. The van der Waals surface area contributed by atoms with E-state index in [-0.39, 0.29) is 5.63 Å². The molecule has 0 aliphatic heterocycles. The third-order valence-corrected chi connectivity index (χ3v) is 3.86. The molecule has 0 radical (unpaired) electrons. The number of hydrogen-bond donors (Lipinski definition) is 1. The van der Waals surface area contributed by atoms with Crippen molar-refractivity contribution in [2.24, 2.45) is 0 Å². The third kappa shape index (κ3) is 2.65. The lowest BCUT2D eigenvalue weighted by Crippen LogP contribution is -2.23. The monoisotopic (exact) mass is 257 g/mol. The van der Waals surface area contributed by atoms with E-state index in [1.165, 1.54) is 37.7 Å². The van der Waals surface area contributed by atoms with E-state index in [9.17, 15) is 4.79 Å². The lowest BCUT2D eigenvalue weighted by molar-refractivity contribution is 0.462. The summed E-state index contributed by atoms with van der Waals surface area (Å²) >= 11 is 0. The molecule has 0 spiro atoms. The van der Waals surface area contributed by atoms with Gasteiger partial charge >= 0.3 is 5.63 Å². The fraction of sp³-hybridized carbons (Fsp3) is 0.438. The number of benzene rings is 1. The van der Waals surface area contributed by atoms with Gasteiger partial charge in [0, 0.05) is 17.5 Å². The normalized spacial score (nSPS) is 16.7. The van der Waals surface area contributed by atoms with E-state index < -0.39 is 0 Å². The molecule has 1 heterocycles. The van der Waals surface area contributed by atoms with Gasteiger partial charge < -0.3 is 9.73 Å². The lowest BCUT2D eigenvalue weighted by atomic mass is 9.95. The van der Waals surface area contributed by atoms with Crippen molar-refractivity contribution < 1.29 is 4.42 Å². The Hall–Kier alpha value is -1.77. The van der Waals surface area contributed by atoms with Crippen molar-refractivity contribution in [1.29, 1.82) is 0 Å². The van der Waals surface area contributed by atoms with Crippen LogP contribution in [0, 0.1) is 6.92 Å². The van der Waals surface area contributed by atoms with Gasteiger partial charge in [-0.25, -0.2) is 4.79 Å². The predicted octanol–water partition coefficient (Wildman–Crippen LogP) is 3.85. The van der Waals surface area contributed by atoms with Crippen LogP contribution in [0.4, 0.5) is 5.69 Å². The first-order valence-corrected chi connectivity index (χ1v) is 7.03. The summed E-state index contributed by atoms with van der Waals surface area (Å²) in [7, 11) is 0. The van der Waals surface area contributed by atoms with Crippen LogP contribution in [0.15, 0.2) is 33.5 Å². The summed E-state index contributed by atoms with van der Waals surface area (Å²) in [6, 6.07) is 7.98. The summed E-state index contributed by atoms with van der Waals surface area (Å²) in [6.45, 7) is 2.05. The number of anilines is 1. The van der Waals surface area contributed by atoms with E-state index in [1.54, 1.807) is 6.07 Å². The molecule has 1 saturated carbocycles. The number of fused-ring (bicyclic) bond motifs is 1. The largest absolute Gasteiger partial charge is 0.423 e. The van der Waals surface area contributed by atoms with E-state index in [1.807, 2.05) is 12.1 Å². The van der Waals surface area contributed by atoms with Crippen molar-refractivity contribution >= 4 is 16.7 Å². The van der Waals surface area contributed by atoms with Crippen LogP contribution in [-0.4, -0.2) is 6.04 Å². The highest BCUT2D eigenvalue weighted by molar-refractivity contribution is 5.90. The maximum Gasteiger partial charge on any atom is 0.338 e. The molecule has 1 N–H and O–H groups in total. The first-order valence-electron chi connectivity index (χ1n) is 7.03. The quantitative estimate of drug-likeness (QED) is 0.831. The summed E-state index contributed by atoms with van der Waals surface area (Å²) in [4.78, 5) is 11.6. The predicted molar refractivity (Wildman–Crippen MR) is 77.7 cm³/mol. The van der Waals surface area contributed by atoms with Crippen LogP contribution in [-0.2, 0) is 0 Å². The maximum atomic E-state index is 11.6. The highest BCUT2D eigenvalue weighted by Crippen LogP contribution is 2.26. The highest BCUT2D eigenvalue weighted by Gasteiger charge is 2.15. The average Bonchev–Trinajstić information content (AvgIpc) is 2.41. The Kier molecular flexibility index (Phi) is 3.28. The molecule has 1 aromatic heterocycles. The molecule has 1 aliphatic rings. The molecule has 0 amide bonds. The fourth-order valence-electron chi connectivity index (χ4n) is 2.86.